The van der Waals surface area contributed by atoms with E-state index in [4.69, 9.17) is 5.73 Å². The quantitative estimate of drug-likeness (QED) is 0.819. The lowest BCUT2D eigenvalue weighted by molar-refractivity contribution is 0.745. The van der Waals surface area contributed by atoms with E-state index in [9.17, 15) is 0 Å². The molecular formula is C14H20N2S. The molecule has 92 valence electrons. The maximum Gasteiger partial charge on any atom is 0.0963 e. The molecule has 0 aliphatic carbocycles. The summed E-state index contributed by atoms with van der Waals surface area (Å²) >= 11 is 1.82. The molecule has 0 unspecified atom stereocenters. The number of hydrogen-bond donors (Lipinski definition) is 1. The van der Waals surface area contributed by atoms with Crippen LogP contribution in [0.25, 0.3) is 10.2 Å². The number of thiazole rings is 1. The molecular weight excluding hydrogens is 228 g/mol. The number of nitrogens with zero attached hydrogens (tertiary/aromatic N) is 1. The lowest BCUT2D eigenvalue weighted by atomic mass is 10.1. The van der Waals surface area contributed by atoms with Crippen LogP contribution in [0.4, 0.5) is 0 Å². The molecule has 1 heterocycles. The number of unbranched alkanes of at least 4 members (excludes halogenated alkanes) is 1. The normalized spacial score (nSPS) is 11.5. The summed E-state index contributed by atoms with van der Waals surface area (Å²) in [6.45, 7) is 5.18. The van der Waals surface area contributed by atoms with Crippen molar-refractivity contribution in [3.8, 4) is 0 Å². The molecule has 0 spiro atoms. The minimum absolute atomic E-state index is 0.521. The van der Waals surface area contributed by atoms with Gasteiger partial charge in [0.25, 0.3) is 0 Å². The van der Waals surface area contributed by atoms with Crippen LogP contribution in [0.3, 0.4) is 0 Å². The molecule has 2 aromatic rings. The SMILES string of the molecule is CC(C)c1nc2ccc(CCCCN)cc2s1. The van der Waals surface area contributed by atoms with Gasteiger partial charge in [0, 0.05) is 5.92 Å². The van der Waals surface area contributed by atoms with E-state index in [1.165, 1.54) is 21.7 Å². The van der Waals surface area contributed by atoms with Crippen molar-refractivity contribution in [2.45, 2.75) is 39.0 Å². The van der Waals surface area contributed by atoms with Gasteiger partial charge in [-0.05, 0) is 43.5 Å². The van der Waals surface area contributed by atoms with E-state index in [2.05, 4.69) is 37.0 Å². The van der Waals surface area contributed by atoms with Gasteiger partial charge in [-0.1, -0.05) is 19.9 Å². The Labute approximate surface area is 107 Å². The largest absolute Gasteiger partial charge is 0.330 e. The number of fused-ring (bicyclic) bond motifs is 1. The van der Waals surface area contributed by atoms with Gasteiger partial charge in [0.05, 0.1) is 15.2 Å². The molecule has 2 rings (SSSR count). The van der Waals surface area contributed by atoms with Gasteiger partial charge in [0.15, 0.2) is 0 Å². The highest BCUT2D eigenvalue weighted by molar-refractivity contribution is 7.18. The van der Waals surface area contributed by atoms with E-state index in [1.807, 2.05) is 11.3 Å². The molecule has 0 fully saturated rings. The number of nitrogens with two attached hydrogens (primary N) is 1. The molecule has 0 bridgehead atoms. The highest BCUT2D eigenvalue weighted by Crippen LogP contribution is 2.28. The van der Waals surface area contributed by atoms with E-state index >= 15 is 0 Å². The Hall–Kier alpha value is -0.930. The maximum absolute atomic E-state index is 5.51. The van der Waals surface area contributed by atoms with Gasteiger partial charge < -0.3 is 5.73 Å². The molecule has 3 heteroatoms. The lowest BCUT2D eigenvalue weighted by Crippen LogP contribution is -1.98. The molecule has 1 aromatic heterocycles. The van der Waals surface area contributed by atoms with Crippen molar-refractivity contribution in [1.82, 2.24) is 4.98 Å². The number of hydrogen-bond acceptors (Lipinski definition) is 3. The standard InChI is InChI=1S/C14H20N2S/c1-10(2)14-16-12-7-6-11(5-3-4-8-15)9-13(12)17-14/h6-7,9-10H,3-5,8,15H2,1-2H3. The summed E-state index contributed by atoms with van der Waals surface area (Å²) in [7, 11) is 0. The van der Waals surface area contributed by atoms with Crippen LogP contribution in [-0.4, -0.2) is 11.5 Å². The molecule has 0 atom stereocenters. The number of aryl methyl sites for hydroxylation is 1. The van der Waals surface area contributed by atoms with Crippen LogP contribution in [0.5, 0.6) is 0 Å². The zero-order valence-electron chi connectivity index (χ0n) is 10.6. The van der Waals surface area contributed by atoms with Gasteiger partial charge in [0.2, 0.25) is 0 Å². The molecule has 17 heavy (non-hydrogen) atoms. The third-order valence-electron chi connectivity index (χ3n) is 2.88. The lowest BCUT2D eigenvalue weighted by Gasteiger charge is -1.99. The third-order valence-corrected chi connectivity index (χ3v) is 4.20. The Morgan fingerprint density at radius 1 is 1.29 bits per heavy atom. The second-order valence-corrected chi connectivity index (χ2v) is 5.82. The zero-order valence-corrected chi connectivity index (χ0v) is 11.4. The average Bonchev–Trinajstić information content (AvgIpc) is 2.72. The van der Waals surface area contributed by atoms with Crippen LogP contribution < -0.4 is 5.73 Å². The van der Waals surface area contributed by atoms with Crippen molar-refractivity contribution in [3.05, 3.63) is 28.8 Å². The molecule has 0 saturated carbocycles. The Bertz CT molecular complexity index is 488. The van der Waals surface area contributed by atoms with Crippen molar-refractivity contribution in [1.29, 1.82) is 0 Å². The van der Waals surface area contributed by atoms with Gasteiger partial charge in [-0.3, -0.25) is 0 Å². The Balaban J connectivity index is 2.18. The topological polar surface area (TPSA) is 38.9 Å². The van der Waals surface area contributed by atoms with E-state index in [-0.39, 0.29) is 0 Å². The molecule has 1 aromatic carbocycles. The average molecular weight is 248 g/mol. The molecule has 2 N–H and O–H groups in total. The minimum Gasteiger partial charge on any atom is -0.330 e. The molecule has 0 saturated heterocycles. The predicted molar refractivity (Wildman–Crippen MR) is 75.7 cm³/mol. The summed E-state index contributed by atoms with van der Waals surface area (Å²) in [5.41, 5.74) is 8.06. The van der Waals surface area contributed by atoms with Crippen LogP contribution in [0.2, 0.25) is 0 Å². The maximum atomic E-state index is 5.51. The summed E-state index contributed by atoms with van der Waals surface area (Å²) in [6, 6.07) is 6.63. The summed E-state index contributed by atoms with van der Waals surface area (Å²) in [6.07, 6.45) is 3.41. The second-order valence-electron chi connectivity index (χ2n) is 4.75. The number of benzene rings is 1. The smallest absolute Gasteiger partial charge is 0.0963 e. The third kappa shape index (κ3) is 3.05. The van der Waals surface area contributed by atoms with E-state index < -0.39 is 0 Å². The minimum atomic E-state index is 0.521. The van der Waals surface area contributed by atoms with Gasteiger partial charge >= 0.3 is 0 Å². The van der Waals surface area contributed by atoms with Crippen molar-refractivity contribution in [3.63, 3.8) is 0 Å². The molecule has 0 radical (unpaired) electrons. The molecule has 0 aliphatic heterocycles. The van der Waals surface area contributed by atoms with Crippen molar-refractivity contribution >= 4 is 21.6 Å². The fourth-order valence-electron chi connectivity index (χ4n) is 1.86. The number of rotatable bonds is 5. The zero-order chi connectivity index (χ0) is 12.3. The predicted octanol–water partition coefficient (Wildman–Crippen LogP) is 3.70. The van der Waals surface area contributed by atoms with E-state index in [0.717, 1.165) is 24.9 Å². The fourth-order valence-corrected chi connectivity index (χ4v) is 2.90. The summed E-state index contributed by atoms with van der Waals surface area (Å²) in [4.78, 5) is 4.65. The first kappa shape index (κ1) is 12.5. The summed E-state index contributed by atoms with van der Waals surface area (Å²) < 4.78 is 1.32. The van der Waals surface area contributed by atoms with E-state index in [0.29, 0.717) is 5.92 Å². The van der Waals surface area contributed by atoms with Crippen LogP contribution in [0.1, 0.15) is 43.2 Å². The van der Waals surface area contributed by atoms with Gasteiger partial charge in [-0.25, -0.2) is 4.98 Å². The number of aromatic nitrogens is 1. The summed E-state index contributed by atoms with van der Waals surface area (Å²) in [5.74, 6) is 0.521. The second kappa shape index (κ2) is 5.61. The first-order valence-electron chi connectivity index (χ1n) is 6.30. The monoisotopic (exact) mass is 248 g/mol. The fraction of sp³-hybridized carbons (Fsp3) is 0.500. The van der Waals surface area contributed by atoms with Crippen LogP contribution in [0, 0.1) is 0 Å². The molecule has 2 nitrogen and oxygen atoms in total. The van der Waals surface area contributed by atoms with Crippen LogP contribution >= 0.6 is 11.3 Å². The van der Waals surface area contributed by atoms with Crippen LogP contribution in [0.15, 0.2) is 18.2 Å². The Morgan fingerprint density at radius 3 is 2.82 bits per heavy atom. The van der Waals surface area contributed by atoms with Crippen molar-refractivity contribution < 1.29 is 0 Å². The Kier molecular flexibility index (Phi) is 4.13. The Morgan fingerprint density at radius 2 is 2.12 bits per heavy atom. The van der Waals surface area contributed by atoms with Crippen LogP contribution in [-0.2, 0) is 6.42 Å². The first-order valence-corrected chi connectivity index (χ1v) is 7.12. The van der Waals surface area contributed by atoms with Gasteiger partial charge in [-0.2, -0.15) is 0 Å². The van der Waals surface area contributed by atoms with Crippen molar-refractivity contribution in [2.24, 2.45) is 5.73 Å². The summed E-state index contributed by atoms with van der Waals surface area (Å²) in [5, 5.41) is 1.24. The highest BCUT2D eigenvalue weighted by Gasteiger charge is 2.07. The molecule has 0 aliphatic rings. The van der Waals surface area contributed by atoms with Gasteiger partial charge in [0.1, 0.15) is 0 Å². The van der Waals surface area contributed by atoms with E-state index in [1.54, 1.807) is 0 Å². The van der Waals surface area contributed by atoms with Gasteiger partial charge in [-0.15, -0.1) is 11.3 Å². The first-order chi connectivity index (χ1) is 8.20. The van der Waals surface area contributed by atoms with Crippen molar-refractivity contribution in [2.75, 3.05) is 6.54 Å². The molecule has 0 amide bonds. The highest BCUT2D eigenvalue weighted by atomic mass is 32.1.